The molecule has 0 N–H and O–H groups in total. The number of rotatable bonds is 1. The highest BCUT2D eigenvalue weighted by Gasteiger charge is 2.37. The molecule has 9 aromatic carbocycles. The van der Waals surface area contributed by atoms with Crippen molar-refractivity contribution >= 4 is 123 Å². The van der Waals surface area contributed by atoms with Gasteiger partial charge in [-0.25, -0.2) is 4.39 Å². The molecule has 0 aliphatic carbocycles. The van der Waals surface area contributed by atoms with Gasteiger partial charge in [0.2, 0.25) is 0 Å². The van der Waals surface area contributed by atoms with E-state index in [2.05, 4.69) is 249 Å². The van der Waals surface area contributed by atoms with Crippen molar-refractivity contribution in [2.45, 2.75) is 291 Å². The van der Waals surface area contributed by atoms with Gasteiger partial charge in [-0.3, -0.25) is 0 Å². The summed E-state index contributed by atoms with van der Waals surface area (Å²) in [5, 5.41) is 10.6. The Balaban J connectivity index is 0.000000156. The molecular weight excluding hydrogens is 1750 g/mol. The van der Waals surface area contributed by atoms with Crippen molar-refractivity contribution in [1.29, 1.82) is 0 Å². The smallest absolute Gasteiger partial charge is 0.420 e. The van der Waals surface area contributed by atoms with E-state index in [0.29, 0.717) is 27.3 Å². The summed E-state index contributed by atoms with van der Waals surface area (Å²) >= 11 is 18.3. The lowest BCUT2D eigenvalue weighted by Gasteiger charge is -2.25. The molecule has 17 heteroatoms. The lowest BCUT2D eigenvalue weighted by atomic mass is 9.77. The Labute approximate surface area is 806 Å². The third-order valence-corrected chi connectivity index (χ3v) is 25.7. The molecule has 134 heavy (non-hydrogen) atoms. The third-order valence-electron chi connectivity index (χ3n) is 24.5. The summed E-state index contributed by atoms with van der Waals surface area (Å²) in [6.45, 7) is 73.7. The van der Waals surface area contributed by atoms with Crippen LogP contribution in [0.1, 0.15) is 287 Å². The number of aryl methyl sites for hydroxylation is 7. The highest BCUT2D eigenvalue weighted by atomic mass is 35.5. The van der Waals surface area contributed by atoms with Crippen LogP contribution < -0.4 is 9.47 Å². The molecule has 10 nitrogen and oxygen atoms in total. The number of ether oxygens (including phenoxy) is 2. The molecule has 8 aromatic heterocycles. The van der Waals surface area contributed by atoms with E-state index in [1.54, 1.807) is 31.8 Å². The zero-order chi connectivity index (χ0) is 99.8. The van der Waals surface area contributed by atoms with Crippen molar-refractivity contribution in [2.75, 3.05) is 13.7 Å². The molecule has 0 spiro atoms. The number of hydrogen-bond acceptors (Lipinski definition) is 10. The molecule has 0 saturated heterocycles. The number of halogens is 7. The highest BCUT2D eigenvalue weighted by molar-refractivity contribution is 6.36. The normalized spacial score (nSPS) is 13.3. The maximum atomic E-state index is 13.3. The average Bonchev–Trinajstić information content (AvgIpc) is 1.61. The Morgan fingerprint density at radius 1 is 0.299 bits per heavy atom. The molecule has 17 aromatic rings. The summed E-state index contributed by atoms with van der Waals surface area (Å²) in [6, 6.07) is 44.0. The molecule has 1 atom stereocenters. The maximum absolute atomic E-state index is 13.3. The molecule has 0 bridgehead atoms. The average molecular weight is 1890 g/mol. The first-order valence-corrected chi connectivity index (χ1v) is 47.0. The number of fused-ring (bicyclic) bond motifs is 9. The summed E-state index contributed by atoms with van der Waals surface area (Å²) in [5.41, 5.74) is 24.8. The van der Waals surface area contributed by atoms with Gasteiger partial charge in [-0.05, 0) is 173 Å². The Hall–Kier alpha value is -10.5. The minimum Gasteiger partial charge on any atom is -0.496 e. The third kappa shape index (κ3) is 24.1. The van der Waals surface area contributed by atoms with E-state index in [1.165, 1.54) is 101 Å². The zero-order valence-corrected chi connectivity index (χ0v) is 87.7. The van der Waals surface area contributed by atoms with Crippen molar-refractivity contribution in [1.82, 2.24) is 0 Å². The first kappa shape index (κ1) is 106. The molecule has 0 saturated carbocycles. The van der Waals surface area contributed by atoms with E-state index in [9.17, 15) is 17.6 Å². The second-order valence-corrected chi connectivity index (χ2v) is 45.8. The van der Waals surface area contributed by atoms with E-state index < -0.39 is 11.7 Å². The van der Waals surface area contributed by atoms with Crippen molar-refractivity contribution in [3.63, 3.8) is 0 Å². The topological polar surface area (TPSA) is 124 Å². The van der Waals surface area contributed by atoms with Gasteiger partial charge in [0.1, 0.15) is 39.4 Å². The molecule has 18 rings (SSSR count). The van der Waals surface area contributed by atoms with E-state index in [-0.39, 0.29) is 54.7 Å². The fourth-order valence-electron chi connectivity index (χ4n) is 16.4. The van der Waals surface area contributed by atoms with Gasteiger partial charge >= 0.3 is 6.18 Å². The fourth-order valence-corrected chi connectivity index (χ4v) is 17.0. The van der Waals surface area contributed by atoms with Crippen LogP contribution in [0, 0.1) is 59.7 Å². The summed E-state index contributed by atoms with van der Waals surface area (Å²) in [5.74, 6) is 2.24. The van der Waals surface area contributed by atoms with Gasteiger partial charge in [-0.1, -0.05) is 319 Å². The maximum Gasteiger partial charge on any atom is 0.420 e. The van der Waals surface area contributed by atoms with Gasteiger partial charge in [0, 0.05) is 104 Å². The molecule has 1 unspecified atom stereocenters. The predicted octanol–water partition coefficient (Wildman–Crippen LogP) is 38.3. The van der Waals surface area contributed by atoms with E-state index in [0.717, 1.165) is 112 Å². The summed E-state index contributed by atoms with van der Waals surface area (Å²) < 4.78 is 107. The van der Waals surface area contributed by atoms with Gasteiger partial charge in [0.25, 0.3) is 0 Å². The Morgan fingerprint density at radius 2 is 0.664 bits per heavy atom. The zero-order valence-electron chi connectivity index (χ0n) is 85.4. The number of alkyl halides is 3. The largest absolute Gasteiger partial charge is 0.496 e. The lowest BCUT2D eigenvalue weighted by molar-refractivity contribution is -0.136. The number of benzene rings is 9. The molecule has 1 aliphatic rings. The van der Waals surface area contributed by atoms with Crippen LogP contribution >= 0.6 is 34.8 Å². The van der Waals surface area contributed by atoms with Gasteiger partial charge < -0.3 is 44.8 Å². The SMILES string of the molecule is CC(C)(C)c1coc2c(C(F)(F)F)cccc12.CC(C)(C)c1coc2c(Cl)cccc12.CC(C)(C)c1coc2c(F)cccc12.COc1cccc2occ(C(C)(C)C)c12.Cc1c(Cl)ccc2c(C(C)(C)C)coc12.Cc1ccc(C)c2c(C(C)(C)C)coc12.Cc1ccc2c(C(C)(C)C)coc2c1C.Cc1ccc2c(C(C)(C)C)coc2c1Cl.Cc1cccc2c1OCC2C(C)(C)C. The number of para-hydroxylation sites is 4. The molecular formula is C117H139Cl3F4O10. The van der Waals surface area contributed by atoms with Gasteiger partial charge in [-0.2, -0.15) is 13.2 Å². The Kier molecular flexibility index (Phi) is 31.8. The van der Waals surface area contributed by atoms with E-state index in [4.69, 9.17) is 79.6 Å². The quantitative estimate of drug-likeness (QED) is 0.147. The van der Waals surface area contributed by atoms with Gasteiger partial charge in [0.05, 0.1) is 84.8 Å². The standard InChI is InChI=1S/2C14H18O.2C13H15ClO.C13H13F3O.C13H16O2.C13H18O.C12H13ClO.C12H13FO/c1-9-6-7-11-12(14(3,4)5)8-15-13(11)10(9)2;1-9-6-7-10(2)13-12(9)11(8-15-13)14(3,4)5;1-8-11(14)6-5-9-10(13(2,3)4)7-15-12(8)9;1-8-5-6-9-10(13(2,3)4)7-15-12(9)11(8)14;1-12(2,3)10-7-17-11-8(10)5-4-6-9(11)13(14,15)16;1-13(2,3)9-8-15-11-7-5-6-10(14-4)12(9)11;1-9-6-5-7-10-11(13(2,3)4)8-14-12(9)10;2*1-12(2,3)9-7-14-11-8(9)5-4-6-10(11)13/h2*6-8H,1-5H3;2*5-7H,1-4H3;4-7H,1-3H3;5-8H,1-4H3;5-7,11H,8H2,1-4H3;2*4-7H,1-3H3. The van der Waals surface area contributed by atoms with E-state index in [1.807, 2.05) is 127 Å². The first-order chi connectivity index (χ1) is 61.9. The van der Waals surface area contributed by atoms with Crippen molar-refractivity contribution in [2.24, 2.45) is 5.41 Å². The molecule has 0 radical (unpaired) electrons. The molecule has 1 aliphatic heterocycles. The van der Waals surface area contributed by atoms with E-state index >= 15 is 0 Å². The van der Waals surface area contributed by atoms with Crippen LogP contribution in [0.15, 0.2) is 225 Å². The second-order valence-electron chi connectivity index (χ2n) is 44.6. The molecule has 716 valence electrons. The van der Waals surface area contributed by atoms with Crippen LogP contribution in [-0.2, 0) is 49.5 Å². The highest BCUT2D eigenvalue weighted by Crippen LogP contribution is 2.48. The van der Waals surface area contributed by atoms with Crippen LogP contribution in [0.5, 0.6) is 11.5 Å². The predicted molar refractivity (Wildman–Crippen MR) is 553 cm³/mol. The monoisotopic (exact) mass is 1880 g/mol. The number of methoxy groups -OCH3 is 1. The Morgan fingerprint density at radius 3 is 1.16 bits per heavy atom. The second kappa shape index (κ2) is 40.4. The van der Waals surface area contributed by atoms with Crippen LogP contribution in [0.3, 0.4) is 0 Å². The van der Waals surface area contributed by atoms with Crippen LogP contribution in [0.2, 0.25) is 15.1 Å². The number of hydrogen-bond donors (Lipinski definition) is 0. The van der Waals surface area contributed by atoms with Crippen LogP contribution in [0.25, 0.3) is 87.8 Å². The minimum atomic E-state index is -4.38. The van der Waals surface area contributed by atoms with Crippen molar-refractivity contribution < 1.29 is 62.4 Å². The van der Waals surface area contributed by atoms with Gasteiger partial charge in [0.15, 0.2) is 22.6 Å². The lowest BCUT2D eigenvalue weighted by Crippen LogP contribution is -2.19. The fraction of sp³-hybridized carbons (Fsp3) is 0.402. The van der Waals surface area contributed by atoms with Gasteiger partial charge in [-0.15, -0.1) is 0 Å². The molecule has 0 amide bonds. The summed E-state index contributed by atoms with van der Waals surface area (Å²) in [7, 11) is 1.69. The molecule has 9 heterocycles. The number of furan rings is 8. The van der Waals surface area contributed by atoms with Crippen molar-refractivity contribution in [3.05, 3.63) is 305 Å². The van der Waals surface area contributed by atoms with Crippen molar-refractivity contribution in [3.8, 4) is 11.5 Å². The summed E-state index contributed by atoms with van der Waals surface area (Å²) in [4.78, 5) is 0. The van der Waals surface area contributed by atoms with Crippen LogP contribution in [-0.4, -0.2) is 13.7 Å². The Bertz CT molecular complexity index is 6610. The minimum absolute atomic E-state index is 0.0148. The van der Waals surface area contributed by atoms with Crippen LogP contribution in [0.4, 0.5) is 17.6 Å². The summed E-state index contributed by atoms with van der Waals surface area (Å²) in [6.07, 6.45) is 9.77. The first-order valence-electron chi connectivity index (χ1n) is 45.9. The molecule has 0 fully saturated rings.